The zero-order chi connectivity index (χ0) is 15.2. The maximum absolute atomic E-state index is 12.2. The zero-order valence-corrected chi connectivity index (χ0v) is 13.3. The van der Waals surface area contributed by atoms with Gasteiger partial charge in [-0.1, -0.05) is 29.8 Å². The van der Waals surface area contributed by atoms with E-state index in [1.165, 1.54) is 5.56 Å². The van der Waals surface area contributed by atoms with Crippen molar-refractivity contribution in [3.05, 3.63) is 46.7 Å². The molecule has 0 fully saturated rings. The van der Waals surface area contributed by atoms with Crippen molar-refractivity contribution in [2.75, 3.05) is 18.6 Å². The third kappa shape index (κ3) is 4.21. The highest BCUT2D eigenvalue weighted by Crippen LogP contribution is 2.33. The molecule has 3 nitrogen and oxygen atoms in total. The second-order valence-corrected chi connectivity index (χ2v) is 6.31. The number of hydrogen-bond donors (Lipinski definition) is 1. The van der Waals surface area contributed by atoms with Crippen molar-refractivity contribution in [3.63, 3.8) is 0 Å². The average molecular weight is 303 g/mol. The predicted octanol–water partition coefficient (Wildman–Crippen LogP) is 3.69. The first kappa shape index (κ1) is 15.8. The van der Waals surface area contributed by atoms with Crippen molar-refractivity contribution in [1.82, 2.24) is 0 Å². The molecular weight excluding hydrogens is 282 g/mol. The van der Waals surface area contributed by atoms with E-state index in [-0.39, 0.29) is 17.5 Å². The highest BCUT2D eigenvalue weighted by atomic mass is 32.2. The van der Waals surface area contributed by atoms with Crippen LogP contribution >= 0.6 is 11.8 Å². The number of aliphatic hydroxyl groups excluding tert-OH is 1. The quantitative estimate of drug-likeness (QED) is 0.666. The number of hydrogen-bond acceptors (Lipinski definition) is 4. The Morgan fingerprint density at radius 3 is 2.67 bits per heavy atom. The number of thioether (sulfide) groups is 1. The van der Waals surface area contributed by atoms with Crippen molar-refractivity contribution in [2.45, 2.75) is 25.7 Å². The van der Waals surface area contributed by atoms with Crippen LogP contribution < -0.4 is 0 Å². The van der Waals surface area contributed by atoms with Gasteiger partial charge >= 0.3 is 0 Å². The molecule has 0 amide bonds. The fraction of sp³-hybridized carbons (Fsp3) is 0.412. The van der Waals surface area contributed by atoms with E-state index in [1.54, 1.807) is 18.0 Å². The van der Waals surface area contributed by atoms with E-state index < -0.39 is 0 Å². The molecule has 0 aliphatic heterocycles. The van der Waals surface area contributed by atoms with E-state index in [0.717, 1.165) is 11.3 Å². The molecule has 0 saturated heterocycles. The number of aryl methyl sites for hydroxylation is 1. The van der Waals surface area contributed by atoms with Crippen LogP contribution in [0.5, 0.6) is 0 Å². The molecule has 21 heavy (non-hydrogen) atoms. The van der Waals surface area contributed by atoms with E-state index in [1.807, 2.05) is 37.4 Å². The first-order chi connectivity index (χ1) is 10.1. The summed E-state index contributed by atoms with van der Waals surface area (Å²) >= 11 is 1.71. The lowest BCUT2D eigenvalue weighted by Crippen LogP contribution is -2.19. The summed E-state index contributed by atoms with van der Waals surface area (Å²) in [5.41, 5.74) is 2.70. The van der Waals surface area contributed by atoms with Crippen LogP contribution in [0, 0.1) is 6.92 Å². The molecule has 112 valence electrons. The maximum atomic E-state index is 12.2. The van der Waals surface area contributed by atoms with Crippen LogP contribution in [0.4, 0.5) is 0 Å². The summed E-state index contributed by atoms with van der Waals surface area (Å²) in [6.45, 7) is 2.71. The van der Waals surface area contributed by atoms with Gasteiger partial charge in [0, 0.05) is 31.4 Å². The number of ketones is 1. The molecule has 0 bridgehead atoms. The van der Waals surface area contributed by atoms with Gasteiger partial charge in [-0.2, -0.15) is 11.8 Å². The molecule has 1 aliphatic rings. The third-order valence-corrected chi connectivity index (χ3v) is 4.27. The van der Waals surface area contributed by atoms with Crippen LogP contribution in [0.25, 0.3) is 0 Å². The monoisotopic (exact) mass is 303 g/mol. The van der Waals surface area contributed by atoms with Crippen molar-refractivity contribution in [1.29, 1.82) is 0 Å². The summed E-state index contributed by atoms with van der Waals surface area (Å²) in [5.74, 6) is 1.15. The molecular formula is C17H21NO2S. The van der Waals surface area contributed by atoms with E-state index in [9.17, 15) is 9.90 Å². The summed E-state index contributed by atoms with van der Waals surface area (Å²) in [6, 6.07) is 8.16. The Morgan fingerprint density at radius 2 is 2.05 bits per heavy atom. The van der Waals surface area contributed by atoms with Gasteiger partial charge in [-0.15, -0.1) is 0 Å². The second-order valence-electron chi connectivity index (χ2n) is 5.33. The van der Waals surface area contributed by atoms with Crippen molar-refractivity contribution in [2.24, 2.45) is 4.99 Å². The number of rotatable bonds is 5. The van der Waals surface area contributed by atoms with E-state index in [4.69, 9.17) is 0 Å². The Hall–Kier alpha value is -1.55. The number of aliphatic hydroxyl groups is 1. The minimum atomic E-state index is -0.0165. The van der Waals surface area contributed by atoms with Crippen LogP contribution in [-0.2, 0) is 4.79 Å². The lowest BCUT2D eigenvalue weighted by atomic mass is 9.83. The van der Waals surface area contributed by atoms with Crippen molar-refractivity contribution < 1.29 is 9.90 Å². The van der Waals surface area contributed by atoms with Gasteiger partial charge < -0.3 is 5.11 Å². The molecule has 2 rings (SSSR count). The molecule has 0 radical (unpaired) electrons. The topological polar surface area (TPSA) is 49.7 Å². The number of allylic oxidation sites excluding steroid dienone is 2. The molecule has 4 heteroatoms. The van der Waals surface area contributed by atoms with Gasteiger partial charge in [0.2, 0.25) is 0 Å². The molecule has 0 spiro atoms. The third-order valence-electron chi connectivity index (χ3n) is 3.68. The van der Waals surface area contributed by atoms with E-state index in [2.05, 4.69) is 4.99 Å². The molecule has 0 saturated carbocycles. The standard InChI is InChI=1S/C17H21NO2S/c1-12-3-5-13(6-4-12)14-9-16(19)15(17(20)10-14)11-18-7-8-21-2/h3-6,11,14,19H,7-10H2,1-2H3. The molecule has 0 aromatic heterocycles. The zero-order valence-electron chi connectivity index (χ0n) is 12.5. The normalized spacial score (nSPS) is 19.5. The summed E-state index contributed by atoms with van der Waals surface area (Å²) in [6.07, 6.45) is 4.51. The molecule has 1 N–H and O–H groups in total. The maximum Gasteiger partial charge on any atom is 0.168 e. The fourth-order valence-corrected chi connectivity index (χ4v) is 2.72. The van der Waals surface area contributed by atoms with E-state index in [0.29, 0.717) is 25.0 Å². The van der Waals surface area contributed by atoms with Gasteiger partial charge in [0.1, 0.15) is 5.76 Å². The van der Waals surface area contributed by atoms with Gasteiger partial charge in [-0.3, -0.25) is 9.79 Å². The molecule has 1 aromatic carbocycles. The Morgan fingerprint density at radius 1 is 1.33 bits per heavy atom. The minimum absolute atomic E-state index is 0.0165. The Bertz CT molecular complexity index is 561. The second kappa shape index (κ2) is 7.46. The smallest absolute Gasteiger partial charge is 0.168 e. The number of carbonyl (C=O) groups excluding carboxylic acids is 1. The first-order valence-electron chi connectivity index (χ1n) is 7.12. The van der Waals surface area contributed by atoms with Gasteiger partial charge in [-0.05, 0) is 24.7 Å². The van der Waals surface area contributed by atoms with Crippen LogP contribution in [0.1, 0.15) is 29.9 Å². The van der Waals surface area contributed by atoms with Gasteiger partial charge in [0.05, 0.1) is 5.57 Å². The van der Waals surface area contributed by atoms with Crippen LogP contribution in [0.15, 0.2) is 40.6 Å². The highest BCUT2D eigenvalue weighted by molar-refractivity contribution is 7.98. The fourth-order valence-electron chi connectivity index (χ4n) is 2.43. The van der Waals surface area contributed by atoms with Gasteiger partial charge in [-0.25, -0.2) is 0 Å². The molecule has 1 aromatic rings. The van der Waals surface area contributed by atoms with Crippen molar-refractivity contribution >= 4 is 23.8 Å². The Balaban J connectivity index is 2.10. The summed E-state index contributed by atoms with van der Waals surface area (Å²) in [5, 5.41) is 10.1. The Labute approximate surface area is 130 Å². The number of benzene rings is 1. The number of carbonyl (C=O) groups is 1. The SMILES string of the molecule is CSCCN=CC1=C(O)CC(c2ccc(C)cc2)CC1=O. The predicted molar refractivity (Wildman–Crippen MR) is 89.6 cm³/mol. The van der Waals surface area contributed by atoms with Crippen LogP contribution in [-0.4, -0.2) is 35.7 Å². The summed E-state index contributed by atoms with van der Waals surface area (Å²) < 4.78 is 0. The van der Waals surface area contributed by atoms with Crippen LogP contribution in [0.2, 0.25) is 0 Å². The lowest BCUT2D eigenvalue weighted by molar-refractivity contribution is -0.116. The minimum Gasteiger partial charge on any atom is -0.511 e. The lowest BCUT2D eigenvalue weighted by Gasteiger charge is -2.22. The number of Topliss-reactive ketones (excluding diaryl/α,β-unsaturated/α-hetero) is 1. The highest BCUT2D eigenvalue weighted by Gasteiger charge is 2.27. The largest absolute Gasteiger partial charge is 0.511 e. The first-order valence-corrected chi connectivity index (χ1v) is 8.52. The van der Waals surface area contributed by atoms with Gasteiger partial charge in [0.25, 0.3) is 0 Å². The van der Waals surface area contributed by atoms with Crippen molar-refractivity contribution in [3.8, 4) is 0 Å². The molecule has 1 aliphatic carbocycles. The molecule has 1 atom stereocenters. The summed E-state index contributed by atoms with van der Waals surface area (Å²) in [4.78, 5) is 16.4. The number of nitrogens with zero attached hydrogens (tertiary/aromatic N) is 1. The van der Waals surface area contributed by atoms with Gasteiger partial charge in [0.15, 0.2) is 5.78 Å². The average Bonchev–Trinajstić information content (AvgIpc) is 2.46. The van der Waals surface area contributed by atoms with E-state index >= 15 is 0 Å². The number of aliphatic imine (C=N–C) groups is 1. The molecule has 1 unspecified atom stereocenters. The van der Waals surface area contributed by atoms with Crippen LogP contribution in [0.3, 0.4) is 0 Å². The molecule has 0 heterocycles. The Kier molecular flexibility index (Phi) is 5.62. The summed E-state index contributed by atoms with van der Waals surface area (Å²) in [7, 11) is 0.